The first-order valence-corrected chi connectivity index (χ1v) is 6.99. The molecule has 0 radical (unpaired) electrons. The highest BCUT2D eigenvalue weighted by atomic mass is 79.9. The van der Waals surface area contributed by atoms with Crippen molar-refractivity contribution in [2.24, 2.45) is 0 Å². The number of ether oxygens (including phenoxy) is 1. The molecule has 1 aromatic heterocycles. The van der Waals surface area contributed by atoms with Crippen LogP contribution in [0.2, 0.25) is 0 Å². The second-order valence-corrected chi connectivity index (χ2v) is 5.46. The summed E-state index contributed by atoms with van der Waals surface area (Å²) in [4.78, 5) is 23.3. The number of methoxy groups -OCH3 is 1. The number of halogens is 1. The van der Waals surface area contributed by atoms with Crippen molar-refractivity contribution in [3.05, 3.63) is 62.0 Å². The molecule has 0 aliphatic rings. The highest BCUT2D eigenvalue weighted by Crippen LogP contribution is 2.23. The fourth-order valence-electron chi connectivity index (χ4n) is 2.07. The molecule has 110 valence electrons. The maximum absolute atomic E-state index is 12.2. The lowest BCUT2D eigenvalue weighted by Crippen LogP contribution is -2.28. The summed E-state index contributed by atoms with van der Waals surface area (Å²) in [6, 6.07) is 8.43. The first kappa shape index (κ1) is 15.3. The molecule has 0 fully saturated rings. The Bertz CT molecular complexity index is 752. The number of carbonyl (C=O) groups is 1. The van der Waals surface area contributed by atoms with E-state index in [4.69, 9.17) is 9.84 Å². The molecule has 0 saturated heterocycles. The number of carboxylic acid groups (broad SMARTS) is 1. The Kier molecular flexibility index (Phi) is 4.47. The van der Waals surface area contributed by atoms with Gasteiger partial charge in [-0.2, -0.15) is 0 Å². The Hall–Kier alpha value is -2.08. The van der Waals surface area contributed by atoms with E-state index >= 15 is 0 Å². The molecule has 2 aromatic rings. The van der Waals surface area contributed by atoms with Crippen LogP contribution in [0, 0.1) is 6.92 Å². The molecule has 0 amide bonds. The van der Waals surface area contributed by atoms with E-state index in [2.05, 4.69) is 15.9 Å². The number of hydrogen-bond acceptors (Lipinski definition) is 3. The average molecular weight is 352 g/mol. The van der Waals surface area contributed by atoms with Crippen LogP contribution >= 0.6 is 15.9 Å². The van der Waals surface area contributed by atoms with E-state index in [0.29, 0.717) is 11.4 Å². The highest BCUT2D eigenvalue weighted by molar-refractivity contribution is 9.10. The van der Waals surface area contributed by atoms with Crippen LogP contribution in [0.25, 0.3) is 0 Å². The van der Waals surface area contributed by atoms with Crippen LogP contribution in [0.3, 0.4) is 0 Å². The molecule has 0 saturated carbocycles. The summed E-state index contributed by atoms with van der Waals surface area (Å²) in [5.41, 5.74) is 0.714. The number of aromatic carboxylic acids is 1. The lowest BCUT2D eigenvalue weighted by atomic mass is 10.1. The molecule has 1 N–H and O–H groups in total. The van der Waals surface area contributed by atoms with Gasteiger partial charge in [-0.3, -0.25) is 4.79 Å². The number of aryl methyl sites for hydroxylation is 1. The number of carboxylic acids is 1. The Morgan fingerprint density at radius 2 is 2.05 bits per heavy atom. The maximum Gasteiger partial charge on any atom is 0.341 e. The zero-order chi connectivity index (χ0) is 15.6. The number of nitrogens with zero attached hydrogens (tertiary/aromatic N) is 1. The Labute approximate surface area is 129 Å². The van der Waals surface area contributed by atoms with Gasteiger partial charge >= 0.3 is 5.97 Å². The summed E-state index contributed by atoms with van der Waals surface area (Å²) < 4.78 is 7.56. The minimum Gasteiger partial charge on any atom is -0.496 e. The Morgan fingerprint density at radius 1 is 1.33 bits per heavy atom. The van der Waals surface area contributed by atoms with E-state index in [9.17, 15) is 9.59 Å². The van der Waals surface area contributed by atoms with Gasteiger partial charge in [-0.15, -0.1) is 0 Å². The van der Waals surface area contributed by atoms with Crippen molar-refractivity contribution in [3.8, 4) is 5.75 Å². The lowest BCUT2D eigenvalue weighted by Gasteiger charge is -2.14. The van der Waals surface area contributed by atoms with Crippen LogP contribution in [0.5, 0.6) is 5.75 Å². The second-order valence-electron chi connectivity index (χ2n) is 4.54. The molecule has 0 spiro atoms. The molecule has 0 aliphatic carbocycles. The van der Waals surface area contributed by atoms with Crippen LogP contribution in [-0.4, -0.2) is 22.8 Å². The summed E-state index contributed by atoms with van der Waals surface area (Å²) >= 11 is 3.38. The predicted molar refractivity (Wildman–Crippen MR) is 82.2 cm³/mol. The van der Waals surface area contributed by atoms with Gasteiger partial charge in [0.05, 0.1) is 13.7 Å². The van der Waals surface area contributed by atoms with E-state index in [1.54, 1.807) is 26.2 Å². The van der Waals surface area contributed by atoms with Crippen LogP contribution < -0.4 is 10.3 Å². The predicted octanol–water partition coefficient (Wildman–Crippen LogP) is 2.67. The lowest BCUT2D eigenvalue weighted by molar-refractivity contribution is 0.0694. The average Bonchev–Trinajstić information content (AvgIpc) is 2.43. The van der Waals surface area contributed by atoms with Gasteiger partial charge in [-0.25, -0.2) is 4.79 Å². The van der Waals surface area contributed by atoms with Gasteiger partial charge in [-0.05, 0) is 37.3 Å². The number of hydrogen-bond donors (Lipinski definition) is 1. The van der Waals surface area contributed by atoms with Crippen molar-refractivity contribution in [1.82, 2.24) is 4.57 Å². The third-order valence-corrected chi connectivity index (χ3v) is 3.69. The normalized spacial score (nSPS) is 10.4. The molecular weight excluding hydrogens is 338 g/mol. The van der Waals surface area contributed by atoms with Crippen molar-refractivity contribution in [1.29, 1.82) is 0 Å². The van der Waals surface area contributed by atoms with E-state index in [1.807, 2.05) is 12.1 Å². The molecule has 2 rings (SSSR count). The molecule has 5 nitrogen and oxygen atoms in total. The van der Waals surface area contributed by atoms with Gasteiger partial charge in [0.1, 0.15) is 11.3 Å². The van der Waals surface area contributed by atoms with E-state index in [1.165, 1.54) is 10.6 Å². The monoisotopic (exact) mass is 351 g/mol. The third kappa shape index (κ3) is 3.16. The zero-order valence-corrected chi connectivity index (χ0v) is 13.2. The van der Waals surface area contributed by atoms with Crippen LogP contribution in [-0.2, 0) is 6.54 Å². The molecule has 6 heteroatoms. The summed E-state index contributed by atoms with van der Waals surface area (Å²) in [5, 5.41) is 9.05. The quantitative estimate of drug-likeness (QED) is 0.919. The smallest absolute Gasteiger partial charge is 0.341 e. The molecular formula is C15H14BrNO4. The van der Waals surface area contributed by atoms with Gasteiger partial charge in [0.15, 0.2) is 0 Å². The zero-order valence-electron chi connectivity index (χ0n) is 11.6. The van der Waals surface area contributed by atoms with Gasteiger partial charge < -0.3 is 14.4 Å². The first-order valence-electron chi connectivity index (χ1n) is 6.20. The van der Waals surface area contributed by atoms with Gasteiger partial charge in [-0.1, -0.05) is 15.9 Å². The minimum atomic E-state index is -1.23. The molecule has 0 aliphatic heterocycles. The Balaban J connectivity index is 2.54. The summed E-state index contributed by atoms with van der Waals surface area (Å²) in [5.74, 6) is -0.583. The van der Waals surface area contributed by atoms with E-state index < -0.39 is 11.5 Å². The van der Waals surface area contributed by atoms with Crippen molar-refractivity contribution in [2.45, 2.75) is 13.5 Å². The van der Waals surface area contributed by atoms with Crippen LogP contribution in [0.15, 0.2) is 39.6 Å². The van der Waals surface area contributed by atoms with Crippen LogP contribution in [0.4, 0.5) is 0 Å². The van der Waals surface area contributed by atoms with Crippen molar-refractivity contribution in [2.75, 3.05) is 7.11 Å². The van der Waals surface area contributed by atoms with Crippen molar-refractivity contribution < 1.29 is 14.6 Å². The van der Waals surface area contributed by atoms with Crippen LogP contribution in [0.1, 0.15) is 21.6 Å². The van der Waals surface area contributed by atoms with Gasteiger partial charge in [0, 0.05) is 15.7 Å². The molecule has 0 bridgehead atoms. The molecule has 0 atom stereocenters. The molecule has 0 unspecified atom stereocenters. The molecule has 21 heavy (non-hydrogen) atoms. The fraction of sp³-hybridized carbons (Fsp3) is 0.200. The standard InChI is InChI=1S/C15H14BrNO4/c1-9-3-5-12(15(19)20)14(18)17(9)8-10-7-11(16)4-6-13(10)21-2/h3-7H,8H2,1-2H3,(H,19,20). The van der Waals surface area contributed by atoms with Gasteiger partial charge in [0.25, 0.3) is 5.56 Å². The number of rotatable bonds is 4. The first-order chi connectivity index (χ1) is 9.93. The van der Waals surface area contributed by atoms with E-state index in [-0.39, 0.29) is 12.1 Å². The fourth-order valence-corrected chi connectivity index (χ4v) is 2.48. The van der Waals surface area contributed by atoms with Crippen molar-refractivity contribution >= 4 is 21.9 Å². The molecule has 1 heterocycles. The third-order valence-electron chi connectivity index (χ3n) is 3.19. The van der Waals surface area contributed by atoms with Gasteiger partial charge in [0.2, 0.25) is 0 Å². The number of pyridine rings is 1. The molecule has 1 aromatic carbocycles. The minimum absolute atomic E-state index is 0.241. The Morgan fingerprint density at radius 3 is 2.67 bits per heavy atom. The number of aromatic nitrogens is 1. The SMILES string of the molecule is COc1ccc(Br)cc1Cn1c(C)ccc(C(=O)O)c1=O. The topological polar surface area (TPSA) is 68.5 Å². The van der Waals surface area contributed by atoms with Crippen molar-refractivity contribution in [3.63, 3.8) is 0 Å². The summed E-state index contributed by atoms with van der Waals surface area (Å²) in [7, 11) is 1.55. The maximum atomic E-state index is 12.2. The summed E-state index contributed by atoms with van der Waals surface area (Å²) in [6.07, 6.45) is 0. The second kappa shape index (κ2) is 6.13. The van der Waals surface area contributed by atoms with E-state index in [0.717, 1.165) is 10.0 Å². The largest absolute Gasteiger partial charge is 0.496 e. The summed E-state index contributed by atoms with van der Waals surface area (Å²) in [6.45, 7) is 2.01. The highest BCUT2D eigenvalue weighted by Gasteiger charge is 2.14. The number of benzene rings is 1.